The number of nitrogens with one attached hydrogen (secondary N) is 1. The summed E-state index contributed by atoms with van der Waals surface area (Å²) < 4.78 is 14.1. The topological polar surface area (TPSA) is 38.0 Å². The summed E-state index contributed by atoms with van der Waals surface area (Å²) in [5.41, 5.74) is 3.86. The van der Waals surface area contributed by atoms with Crippen LogP contribution in [0, 0.1) is 17.2 Å². The van der Waals surface area contributed by atoms with Gasteiger partial charge in [-0.1, -0.05) is 44.4 Å². The second kappa shape index (κ2) is 7.08. The minimum Gasteiger partial charge on any atom is -0.271 e. The van der Waals surface area contributed by atoms with Crippen LogP contribution < -0.4 is 11.3 Å². The third kappa shape index (κ3) is 3.97. The third-order valence-electron chi connectivity index (χ3n) is 4.79. The lowest BCUT2D eigenvalue weighted by Crippen LogP contribution is -2.49. The summed E-state index contributed by atoms with van der Waals surface area (Å²) in [4.78, 5) is 0. The minimum atomic E-state index is -0.236. The summed E-state index contributed by atoms with van der Waals surface area (Å²) in [5.74, 6) is 6.23. The first-order valence-corrected chi connectivity index (χ1v) is 8.25. The van der Waals surface area contributed by atoms with E-state index in [2.05, 4.69) is 19.3 Å². The summed E-state index contributed by atoms with van der Waals surface area (Å²) in [6, 6.07) is 5.02. The summed E-state index contributed by atoms with van der Waals surface area (Å²) in [6.45, 7) is 4.49. The number of rotatable bonds is 6. The lowest BCUT2D eigenvalue weighted by molar-refractivity contribution is 0.153. The van der Waals surface area contributed by atoms with Crippen molar-refractivity contribution >= 4 is 11.6 Å². The lowest BCUT2D eigenvalue weighted by atomic mass is 9.71. The molecule has 1 aliphatic rings. The van der Waals surface area contributed by atoms with Gasteiger partial charge in [0.05, 0.1) is 0 Å². The molecule has 1 aliphatic carbocycles. The summed E-state index contributed by atoms with van der Waals surface area (Å²) in [6.07, 6.45) is 6.59. The van der Waals surface area contributed by atoms with Crippen molar-refractivity contribution in [1.29, 1.82) is 0 Å². The van der Waals surface area contributed by atoms with Crippen molar-refractivity contribution in [1.82, 2.24) is 5.43 Å². The molecular weight excluding hydrogens is 287 g/mol. The first kappa shape index (κ1) is 16.7. The van der Waals surface area contributed by atoms with Crippen LogP contribution in [-0.2, 0) is 6.42 Å². The average Bonchev–Trinajstić information content (AvgIpc) is 2.86. The van der Waals surface area contributed by atoms with E-state index in [1.807, 2.05) is 0 Å². The maximum absolute atomic E-state index is 14.1. The molecule has 118 valence electrons. The van der Waals surface area contributed by atoms with Crippen molar-refractivity contribution in [2.45, 2.75) is 58.4 Å². The average molecular weight is 313 g/mol. The number of nitrogens with two attached hydrogens (primary N) is 1. The fourth-order valence-corrected chi connectivity index (χ4v) is 4.11. The van der Waals surface area contributed by atoms with Crippen LogP contribution in [0.4, 0.5) is 4.39 Å². The SMILES string of the molecule is CC(C)CC1(C(Cc2ccc(Cl)cc2F)NN)CCCC1. The largest absolute Gasteiger partial charge is 0.271 e. The molecule has 1 fully saturated rings. The molecular formula is C17H26ClFN2. The Hall–Kier alpha value is -0.640. The molecule has 21 heavy (non-hydrogen) atoms. The van der Waals surface area contributed by atoms with Crippen LogP contribution in [0.5, 0.6) is 0 Å². The van der Waals surface area contributed by atoms with Gasteiger partial charge in [-0.15, -0.1) is 0 Å². The second-order valence-corrected chi connectivity index (χ2v) is 7.26. The van der Waals surface area contributed by atoms with Gasteiger partial charge in [0.25, 0.3) is 0 Å². The molecule has 0 aliphatic heterocycles. The molecule has 2 nitrogen and oxygen atoms in total. The second-order valence-electron chi connectivity index (χ2n) is 6.83. The molecule has 1 aromatic rings. The molecule has 1 saturated carbocycles. The van der Waals surface area contributed by atoms with Crippen molar-refractivity contribution in [3.05, 3.63) is 34.6 Å². The van der Waals surface area contributed by atoms with E-state index in [1.165, 1.54) is 31.7 Å². The molecule has 1 atom stereocenters. The van der Waals surface area contributed by atoms with Crippen LogP contribution in [0.25, 0.3) is 0 Å². The Morgan fingerprint density at radius 1 is 1.33 bits per heavy atom. The van der Waals surface area contributed by atoms with Crippen LogP contribution in [0.15, 0.2) is 18.2 Å². The van der Waals surface area contributed by atoms with E-state index in [9.17, 15) is 4.39 Å². The predicted octanol–water partition coefficient (Wildman–Crippen LogP) is 4.46. The van der Waals surface area contributed by atoms with Gasteiger partial charge in [0, 0.05) is 11.1 Å². The predicted molar refractivity (Wildman–Crippen MR) is 86.6 cm³/mol. The van der Waals surface area contributed by atoms with Gasteiger partial charge in [-0.25, -0.2) is 4.39 Å². The lowest BCUT2D eigenvalue weighted by Gasteiger charge is -2.39. The van der Waals surface area contributed by atoms with E-state index in [1.54, 1.807) is 12.1 Å². The monoisotopic (exact) mass is 312 g/mol. The van der Waals surface area contributed by atoms with Crippen molar-refractivity contribution in [2.24, 2.45) is 17.2 Å². The standard InChI is InChI=1S/C17H26ClFN2/c1-12(2)11-17(7-3-4-8-17)16(21-20)9-13-5-6-14(18)10-15(13)19/h5-6,10,12,16,21H,3-4,7-9,11,20H2,1-2H3. The van der Waals surface area contributed by atoms with Gasteiger partial charge in [-0.05, 0) is 54.7 Å². The highest BCUT2D eigenvalue weighted by molar-refractivity contribution is 6.30. The molecule has 0 heterocycles. The molecule has 1 unspecified atom stereocenters. The Balaban J connectivity index is 2.20. The number of halogens is 2. The van der Waals surface area contributed by atoms with Gasteiger partial charge in [0.15, 0.2) is 0 Å². The molecule has 3 N–H and O–H groups in total. The highest BCUT2D eigenvalue weighted by Gasteiger charge is 2.41. The Morgan fingerprint density at radius 3 is 2.52 bits per heavy atom. The van der Waals surface area contributed by atoms with Gasteiger partial charge in [0.1, 0.15) is 5.82 Å². The zero-order valence-corrected chi connectivity index (χ0v) is 13.7. The first-order valence-electron chi connectivity index (χ1n) is 7.87. The van der Waals surface area contributed by atoms with E-state index in [0.29, 0.717) is 22.9 Å². The molecule has 0 aromatic heterocycles. The zero-order chi connectivity index (χ0) is 15.5. The molecule has 0 saturated heterocycles. The number of benzene rings is 1. The molecule has 4 heteroatoms. The Bertz CT molecular complexity index is 470. The normalized spacial score (nSPS) is 19.1. The number of hydrogen-bond acceptors (Lipinski definition) is 2. The molecule has 0 spiro atoms. The molecule has 0 radical (unpaired) electrons. The summed E-state index contributed by atoms with van der Waals surface area (Å²) in [5, 5.41) is 0.436. The number of hydrazine groups is 1. The summed E-state index contributed by atoms with van der Waals surface area (Å²) in [7, 11) is 0. The molecule has 2 rings (SSSR count). The van der Waals surface area contributed by atoms with E-state index in [-0.39, 0.29) is 17.3 Å². The van der Waals surface area contributed by atoms with E-state index in [4.69, 9.17) is 17.4 Å². The van der Waals surface area contributed by atoms with Gasteiger partial charge < -0.3 is 0 Å². The van der Waals surface area contributed by atoms with Crippen LogP contribution in [0.1, 0.15) is 51.5 Å². The fraction of sp³-hybridized carbons (Fsp3) is 0.647. The van der Waals surface area contributed by atoms with E-state index in [0.717, 1.165) is 6.42 Å². The maximum Gasteiger partial charge on any atom is 0.127 e. The van der Waals surface area contributed by atoms with Crippen molar-refractivity contribution in [3.8, 4) is 0 Å². The Kier molecular flexibility index (Phi) is 5.64. The van der Waals surface area contributed by atoms with Crippen LogP contribution in [0.2, 0.25) is 5.02 Å². The highest BCUT2D eigenvalue weighted by atomic mass is 35.5. The third-order valence-corrected chi connectivity index (χ3v) is 5.03. The molecule has 1 aromatic carbocycles. The van der Waals surface area contributed by atoms with Crippen LogP contribution in [-0.4, -0.2) is 6.04 Å². The van der Waals surface area contributed by atoms with Gasteiger partial charge >= 0.3 is 0 Å². The number of hydrogen-bond donors (Lipinski definition) is 2. The molecule has 0 amide bonds. The van der Waals surface area contributed by atoms with Crippen LogP contribution in [0.3, 0.4) is 0 Å². The quantitative estimate of drug-likeness (QED) is 0.601. The van der Waals surface area contributed by atoms with Gasteiger partial charge in [0.2, 0.25) is 0 Å². The van der Waals surface area contributed by atoms with Crippen LogP contribution >= 0.6 is 11.6 Å². The van der Waals surface area contributed by atoms with E-state index >= 15 is 0 Å². The minimum absolute atomic E-state index is 0.109. The van der Waals surface area contributed by atoms with Gasteiger partial charge in [-0.3, -0.25) is 11.3 Å². The highest BCUT2D eigenvalue weighted by Crippen LogP contribution is 2.46. The smallest absolute Gasteiger partial charge is 0.127 e. The van der Waals surface area contributed by atoms with Crippen molar-refractivity contribution in [2.75, 3.05) is 0 Å². The molecule has 0 bridgehead atoms. The van der Waals surface area contributed by atoms with Gasteiger partial charge in [-0.2, -0.15) is 0 Å². The van der Waals surface area contributed by atoms with Crippen molar-refractivity contribution < 1.29 is 4.39 Å². The Labute approximate surface area is 132 Å². The summed E-state index contributed by atoms with van der Waals surface area (Å²) >= 11 is 5.83. The maximum atomic E-state index is 14.1. The first-order chi connectivity index (χ1) is 9.97. The Morgan fingerprint density at radius 2 is 2.00 bits per heavy atom. The fourth-order valence-electron chi connectivity index (χ4n) is 3.95. The zero-order valence-electron chi connectivity index (χ0n) is 13.0. The van der Waals surface area contributed by atoms with Crippen molar-refractivity contribution in [3.63, 3.8) is 0 Å². The van der Waals surface area contributed by atoms with E-state index < -0.39 is 0 Å².